The van der Waals surface area contributed by atoms with Gasteiger partial charge >= 0.3 is 0 Å². The van der Waals surface area contributed by atoms with Crippen LogP contribution in [-0.2, 0) is 24.2 Å². The number of aromatic nitrogens is 4. The smallest absolute Gasteiger partial charge is 0.271 e. The fraction of sp³-hybridized carbons (Fsp3) is 0.444. The molecule has 0 bridgehead atoms. The first-order valence-electron chi connectivity index (χ1n) is 8.86. The van der Waals surface area contributed by atoms with Crippen molar-refractivity contribution in [1.82, 2.24) is 19.4 Å². The molecular formula is C18H20BrN5O2S. The number of hydrogen-bond donors (Lipinski definition) is 1. The van der Waals surface area contributed by atoms with Crippen molar-refractivity contribution in [1.29, 1.82) is 0 Å². The zero-order valence-corrected chi connectivity index (χ0v) is 17.8. The first kappa shape index (κ1) is 18.4. The lowest BCUT2D eigenvalue weighted by atomic mass is 9.89. The van der Waals surface area contributed by atoms with Crippen molar-refractivity contribution in [3.8, 4) is 0 Å². The predicted molar refractivity (Wildman–Crippen MR) is 109 cm³/mol. The molecule has 3 heterocycles. The molecule has 1 aliphatic rings. The lowest BCUT2D eigenvalue weighted by Gasteiger charge is -2.17. The summed E-state index contributed by atoms with van der Waals surface area (Å²) in [7, 11) is 0. The van der Waals surface area contributed by atoms with Crippen LogP contribution in [0.5, 0.6) is 0 Å². The average molecular weight is 450 g/mol. The maximum Gasteiger partial charge on any atom is 0.281 e. The van der Waals surface area contributed by atoms with Gasteiger partial charge in [-0.3, -0.25) is 19.7 Å². The number of fused-ring (bicyclic) bond motifs is 3. The molecule has 1 aliphatic carbocycles. The molecule has 0 aromatic carbocycles. The molecule has 1 N–H and O–H groups in total. The van der Waals surface area contributed by atoms with Gasteiger partial charge in [0.05, 0.1) is 21.7 Å². The molecule has 0 saturated carbocycles. The van der Waals surface area contributed by atoms with Crippen LogP contribution in [0.3, 0.4) is 0 Å². The Morgan fingerprint density at radius 3 is 2.93 bits per heavy atom. The van der Waals surface area contributed by atoms with Crippen LogP contribution in [0.25, 0.3) is 10.2 Å². The van der Waals surface area contributed by atoms with Crippen LogP contribution in [-0.4, -0.2) is 25.3 Å². The highest BCUT2D eigenvalue weighted by Crippen LogP contribution is 2.35. The maximum absolute atomic E-state index is 13.1. The van der Waals surface area contributed by atoms with Gasteiger partial charge in [-0.15, -0.1) is 11.3 Å². The van der Waals surface area contributed by atoms with Gasteiger partial charge in [0.25, 0.3) is 11.5 Å². The quantitative estimate of drug-likeness (QED) is 0.666. The van der Waals surface area contributed by atoms with Crippen LogP contribution in [0.2, 0.25) is 0 Å². The van der Waals surface area contributed by atoms with Gasteiger partial charge in [0, 0.05) is 4.88 Å². The summed E-state index contributed by atoms with van der Waals surface area (Å²) in [6.45, 7) is 5.87. The fourth-order valence-electron chi connectivity index (χ4n) is 3.50. The second-order valence-corrected chi connectivity index (χ2v) is 9.04. The Labute approximate surface area is 168 Å². The highest BCUT2D eigenvalue weighted by molar-refractivity contribution is 9.10. The van der Waals surface area contributed by atoms with Gasteiger partial charge in [-0.05, 0) is 60.5 Å². The predicted octanol–water partition coefficient (Wildman–Crippen LogP) is 2.93. The van der Waals surface area contributed by atoms with E-state index in [1.807, 2.05) is 6.92 Å². The van der Waals surface area contributed by atoms with Crippen molar-refractivity contribution in [2.75, 3.05) is 5.43 Å². The van der Waals surface area contributed by atoms with Crippen LogP contribution in [0.4, 0.5) is 0 Å². The summed E-state index contributed by atoms with van der Waals surface area (Å²) in [4.78, 5) is 32.2. The van der Waals surface area contributed by atoms with Gasteiger partial charge in [0.15, 0.2) is 0 Å². The summed E-state index contributed by atoms with van der Waals surface area (Å²) >= 11 is 4.99. The van der Waals surface area contributed by atoms with E-state index in [0.717, 1.165) is 39.8 Å². The number of nitrogens with one attached hydrogen (secondary N) is 1. The Bertz CT molecular complexity index is 1110. The number of hydrogen-bond acceptors (Lipinski definition) is 5. The summed E-state index contributed by atoms with van der Waals surface area (Å²) in [6.07, 6.45) is 4.61. The summed E-state index contributed by atoms with van der Waals surface area (Å²) in [5.74, 6) is 0.786. The van der Waals surface area contributed by atoms with Crippen molar-refractivity contribution in [3.63, 3.8) is 0 Å². The van der Waals surface area contributed by atoms with Crippen LogP contribution >= 0.6 is 27.3 Å². The van der Waals surface area contributed by atoms with E-state index in [1.54, 1.807) is 29.1 Å². The molecule has 9 heteroatoms. The zero-order chi connectivity index (χ0) is 19.3. The number of carbonyl (C=O) groups excluding carboxylic acids is 1. The molecule has 0 spiro atoms. The number of rotatable bonds is 3. The molecule has 27 heavy (non-hydrogen) atoms. The topological polar surface area (TPSA) is 81.8 Å². The monoisotopic (exact) mass is 449 g/mol. The molecular weight excluding hydrogens is 430 g/mol. The third-order valence-corrected chi connectivity index (χ3v) is 7.00. The lowest BCUT2D eigenvalue weighted by Crippen LogP contribution is -2.37. The molecule has 0 fully saturated rings. The minimum absolute atomic E-state index is 0.0284. The van der Waals surface area contributed by atoms with Crippen LogP contribution in [0.15, 0.2) is 15.5 Å². The fourth-order valence-corrected chi connectivity index (χ4v) is 5.22. The third kappa shape index (κ3) is 3.23. The molecule has 7 nitrogen and oxygen atoms in total. The summed E-state index contributed by atoms with van der Waals surface area (Å²) in [5, 5.41) is 4.81. The highest BCUT2D eigenvalue weighted by atomic mass is 79.9. The van der Waals surface area contributed by atoms with E-state index in [1.165, 1.54) is 9.55 Å². The molecule has 0 radical (unpaired) electrons. The highest BCUT2D eigenvalue weighted by Gasteiger charge is 2.24. The van der Waals surface area contributed by atoms with E-state index in [-0.39, 0.29) is 18.0 Å². The summed E-state index contributed by atoms with van der Waals surface area (Å²) < 4.78 is 3.69. The number of thiophene rings is 1. The molecule has 3 aromatic rings. The molecule has 0 saturated heterocycles. The van der Waals surface area contributed by atoms with E-state index >= 15 is 0 Å². The number of carbonyl (C=O) groups is 1. The van der Waals surface area contributed by atoms with Crippen molar-refractivity contribution in [3.05, 3.63) is 43.0 Å². The lowest BCUT2D eigenvalue weighted by molar-refractivity contribution is -0.117. The molecule has 0 aliphatic heterocycles. The molecule has 3 aromatic heterocycles. The molecule has 0 unspecified atom stereocenters. The molecule has 1 amide bonds. The SMILES string of the molecule is Cc1c(Br)cnn1CC(=O)Nn1c(C)nc2sc3c(c2c1=O)CC[C@@H](C)C3. The number of amides is 1. The maximum atomic E-state index is 13.1. The van der Waals surface area contributed by atoms with Crippen LogP contribution < -0.4 is 11.0 Å². The number of aryl methyl sites for hydroxylation is 2. The van der Waals surface area contributed by atoms with E-state index in [2.05, 4.69) is 38.4 Å². The van der Waals surface area contributed by atoms with Gasteiger partial charge in [-0.2, -0.15) is 5.10 Å². The Morgan fingerprint density at radius 1 is 1.44 bits per heavy atom. The first-order chi connectivity index (χ1) is 12.8. The van der Waals surface area contributed by atoms with Gasteiger partial charge in [-0.1, -0.05) is 6.92 Å². The zero-order valence-electron chi connectivity index (χ0n) is 15.4. The second kappa shape index (κ2) is 6.87. The minimum atomic E-state index is -0.322. The Kier molecular flexibility index (Phi) is 4.67. The number of halogens is 1. The molecule has 4 rings (SSSR count). The van der Waals surface area contributed by atoms with E-state index < -0.39 is 0 Å². The van der Waals surface area contributed by atoms with Crippen molar-refractivity contribution in [2.24, 2.45) is 5.92 Å². The second-order valence-electron chi connectivity index (χ2n) is 7.10. The van der Waals surface area contributed by atoms with Crippen molar-refractivity contribution in [2.45, 2.75) is 46.6 Å². The third-order valence-electron chi connectivity index (χ3n) is 5.07. The standard InChI is InChI=1S/C18H20BrN5O2S/c1-9-4-5-12-14(6-9)27-17-16(12)18(26)24(11(3)21-17)22-15(25)8-23-10(2)13(19)7-20-23/h7,9H,4-6,8H2,1-3H3,(H,22,25)/t9-/m1/s1. The summed E-state index contributed by atoms with van der Waals surface area (Å²) in [5.41, 5.74) is 4.46. The Morgan fingerprint density at radius 2 is 2.22 bits per heavy atom. The van der Waals surface area contributed by atoms with Crippen molar-refractivity contribution >= 4 is 43.4 Å². The average Bonchev–Trinajstić information content (AvgIpc) is 3.12. The van der Waals surface area contributed by atoms with Gasteiger partial charge in [0.2, 0.25) is 0 Å². The van der Waals surface area contributed by atoms with E-state index in [0.29, 0.717) is 17.1 Å². The normalized spacial score (nSPS) is 16.5. The van der Waals surface area contributed by atoms with Gasteiger partial charge in [-0.25, -0.2) is 9.66 Å². The molecule has 1 atom stereocenters. The van der Waals surface area contributed by atoms with Gasteiger partial charge in [0.1, 0.15) is 17.2 Å². The minimum Gasteiger partial charge on any atom is -0.271 e. The van der Waals surface area contributed by atoms with Crippen molar-refractivity contribution < 1.29 is 4.79 Å². The largest absolute Gasteiger partial charge is 0.281 e. The van der Waals surface area contributed by atoms with E-state index in [9.17, 15) is 9.59 Å². The molecule has 142 valence electrons. The van der Waals surface area contributed by atoms with Crippen LogP contribution in [0, 0.1) is 19.8 Å². The first-order valence-corrected chi connectivity index (χ1v) is 10.5. The number of nitrogens with zero attached hydrogens (tertiary/aromatic N) is 4. The van der Waals surface area contributed by atoms with Crippen LogP contribution in [0.1, 0.15) is 35.3 Å². The Balaban J connectivity index is 1.68. The van der Waals surface area contributed by atoms with E-state index in [4.69, 9.17) is 0 Å². The summed E-state index contributed by atoms with van der Waals surface area (Å²) in [6, 6.07) is 0. The Hall–Kier alpha value is -2.00. The van der Waals surface area contributed by atoms with Gasteiger partial charge < -0.3 is 0 Å².